The molecule has 1 saturated heterocycles. The van der Waals surface area contributed by atoms with Gasteiger partial charge in [-0.1, -0.05) is 12.8 Å². The molecular formula is C16H20FNO. The Hall–Kier alpha value is -1.38. The van der Waals surface area contributed by atoms with Crippen LogP contribution in [0.4, 0.5) is 4.39 Å². The minimum atomic E-state index is -0.286. The summed E-state index contributed by atoms with van der Waals surface area (Å²) < 4.78 is 12.9. The van der Waals surface area contributed by atoms with Gasteiger partial charge in [0.25, 0.3) is 5.91 Å². The molecule has 1 aromatic rings. The van der Waals surface area contributed by atoms with Crippen LogP contribution in [0.5, 0.6) is 0 Å². The second kappa shape index (κ2) is 5.32. The monoisotopic (exact) mass is 261 g/mol. The highest BCUT2D eigenvalue weighted by molar-refractivity contribution is 5.94. The van der Waals surface area contributed by atoms with Gasteiger partial charge in [0.05, 0.1) is 0 Å². The molecular weight excluding hydrogens is 241 g/mol. The van der Waals surface area contributed by atoms with Crippen LogP contribution in [0.15, 0.2) is 24.3 Å². The lowest BCUT2D eigenvalue weighted by Crippen LogP contribution is -2.49. The molecule has 19 heavy (non-hydrogen) atoms. The lowest BCUT2D eigenvalue weighted by Gasteiger charge is -2.44. The SMILES string of the molecule is O=C(c1ccc(F)cc1)N1CCC[C@H]2CCCC[C@@H]21. The third-order valence-electron chi connectivity index (χ3n) is 4.60. The lowest BCUT2D eigenvalue weighted by molar-refractivity contribution is 0.0390. The number of hydrogen-bond donors (Lipinski definition) is 0. The van der Waals surface area contributed by atoms with Crippen LogP contribution in [0.3, 0.4) is 0 Å². The lowest BCUT2D eigenvalue weighted by atomic mass is 9.78. The largest absolute Gasteiger partial charge is 0.335 e. The Kier molecular flexibility index (Phi) is 3.54. The first-order valence-corrected chi connectivity index (χ1v) is 7.32. The zero-order chi connectivity index (χ0) is 13.2. The second-order valence-corrected chi connectivity index (χ2v) is 5.76. The Morgan fingerprint density at radius 2 is 1.74 bits per heavy atom. The summed E-state index contributed by atoms with van der Waals surface area (Å²) in [7, 11) is 0. The number of carbonyl (C=O) groups is 1. The number of carbonyl (C=O) groups excluding carboxylic acids is 1. The van der Waals surface area contributed by atoms with Crippen LogP contribution in [0, 0.1) is 11.7 Å². The van der Waals surface area contributed by atoms with Crippen LogP contribution >= 0.6 is 0 Å². The molecule has 2 fully saturated rings. The topological polar surface area (TPSA) is 20.3 Å². The van der Waals surface area contributed by atoms with Gasteiger partial charge >= 0.3 is 0 Å². The number of hydrogen-bond acceptors (Lipinski definition) is 1. The molecule has 2 atom stereocenters. The average Bonchev–Trinajstić information content (AvgIpc) is 2.47. The van der Waals surface area contributed by atoms with Gasteiger partial charge in [0.15, 0.2) is 0 Å². The number of nitrogens with zero attached hydrogens (tertiary/aromatic N) is 1. The van der Waals surface area contributed by atoms with Gasteiger partial charge in [-0.15, -0.1) is 0 Å². The molecule has 1 aromatic carbocycles. The van der Waals surface area contributed by atoms with Crippen molar-refractivity contribution in [3.05, 3.63) is 35.6 Å². The van der Waals surface area contributed by atoms with Gasteiger partial charge in [-0.2, -0.15) is 0 Å². The molecule has 2 nitrogen and oxygen atoms in total. The predicted molar refractivity (Wildman–Crippen MR) is 72.4 cm³/mol. The number of fused-ring (bicyclic) bond motifs is 1. The van der Waals surface area contributed by atoms with Gasteiger partial charge < -0.3 is 4.90 Å². The Labute approximate surface area is 113 Å². The van der Waals surface area contributed by atoms with Crippen molar-refractivity contribution in [3.63, 3.8) is 0 Å². The third-order valence-corrected chi connectivity index (χ3v) is 4.60. The fourth-order valence-corrected chi connectivity index (χ4v) is 3.64. The van der Waals surface area contributed by atoms with Crippen molar-refractivity contribution in [2.75, 3.05) is 6.54 Å². The van der Waals surface area contributed by atoms with E-state index in [9.17, 15) is 9.18 Å². The number of rotatable bonds is 1. The standard InChI is InChI=1S/C16H20FNO/c17-14-9-7-13(8-10-14)16(19)18-11-3-5-12-4-1-2-6-15(12)18/h7-10,12,15H,1-6,11H2/t12-,15+/m1/s1. The van der Waals surface area contributed by atoms with E-state index in [1.165, 1.54) is 37.8 Å². The molecule has 0 spiro atoms. The van der Waals surface area contributed by atoms with Crippen molar-refractivity contribution in [2.24, 2.45) is 5.92 Å². The second-order valence-electron chi connectivity index (χ2n) is 5.76. The number of benzene rings is 1. The van der Waals surface area contributed by atoms with E-state index in [-0.39, 0.29) is 11.7 Å². The molecule has 2 aliphatic rings. The highest BCUT2D eigenvalue weighted by Gasteiger charge is 2.35. The van der Waals surface area contributed by atoms with Gasteiger partial charge in [0.1, 0.15) is 5.82 Å². The first kappa shape index (κ1) is 12.6. The molecule has 102 valence electrons. The maximum Gasteiger partial charge on any atom is 0.254 e. The minimum absolute atomic E-state index is 0.0802. The van der Waals surface area contributed by atoms with Gasteiger partial charge in [-0.25, -0.2) is 4.39 Å². The quantitative estimate of drug-likeness (QED) is 0.756. The summed E-state index contributed by atoms with van der Waals surface area (Å²) in [5.41, 5.74) is 0.618. The number of piperidine rings is 1. The molecule has 1 saturated carbocycles. The van der Waals surface area contributed by atoms with Crippen LogP contribution in [0.25, 0.3) is 0 Å². The molecule has 0 unspecified atom stereocenters. The van der Waals surface area contributed by atoms with Gasteiger partial charge in [0.2, 0.25) is 0 Å². The van der Waals surface area contributed by atoms with Gasteiger partial charge in [-0.3, -0.25) is 4.79 Å². The van der Waals surface area contributed by atoms with Crippen molar-refractivity contribution < 1.29 is 9.18 Å². The summed E-state index contributed by atoms with van der Waals surface area (Å²) in [6.07, 6.45) is 7.30. The Morgan fingerprint density at radius 3 is 2.53 bits per heavy atom. The van der Waals surface area contributed by atoms with Crippen molar-refractivity contribution in [2.45, 2.75) is 44.6 Å². The van der Waals surface area contributed by atoms with Crippen LogP contribution in [0.2, 0.25) is 0 Å². The average molecular weight is 261 g/mol. The molecule has 1 aliphatic heterocycles. The Morgan fingerprint density at radius 1 is 1.05 bits per heavy atom. The predicted octanol–water partition coefficient (Wildman–Crippen LogP) is 3.62. The normalized spacial score (nSPS) is 26.9. The first-order chi connectivity index (χ1) is 9.25. The van der Waals surface area contributed by atoms with E-state index >= 15 is 0 Å². The van der Waals surface area contributed by atoms with Gasteiger partial charge in [0, 0.05) is 18.2 Å². The molecule has 0 N–H and O–H groups in total. The van der Waals surface area contributed by atoms with Crippen molar-refractivity contribution in [3.8, 4) is 0 Å². The number of halogens is 1. The molecule has 1 amide bonds. The van der Waals surface area contributed by atoms with Crippen molar-refractivity contribution in [1.82, 2.24) is 4.90 Å². The zero-order valence-electron chi connectivity index (χ0n) is 11.1. The van der Waals surface area contributed by atoms with Gasteiger partial charge in [-0.05, 0) is 55.9 Å². The fourth-order valence-electron chi connectivity index (χ4n) is 3.64. The molecule has 1 aliphatic carbocycles. The smallest absolute Gasteiger partial charge is 0.254 e. The fraction of sp³-hybridized carbons (Fsp3) is 0.562. The third kappa shape index (κ3) is 2.51. The van der Waals surface area contributed by atoms with E-state index < -0.39 is 0 Å². The van der Waals surface area contributed by atoms with Crippen molar-refractivity contribution >= 4 is 5.91 Å². The van der Waals surface area contributed by atoms with E-state index in [1.807, 2.05) is 4.90 Å². The zero-order valence-corrected chi connectivity index (χ0v) is 11.1. The van der Waals surface area contributed by atoms with Crippen LogP contribution in [0.1, 0.15) is 48.9 Å². The molecule has 0 radical (unpaired) electrons. The maximum absolute atomic E-state index is 12.9. The highest BCUT2D eigenvalue weighted by Crippen LogP contribution is 2.35. The minimum Gasteiger partial charge on any atom is -0.335 e. The summed E-state index contributed by atoms with van der Waals surface area (Å²) in [6.45, 7) is 0.859. The molecule has 3 heteroatoms. The van der Waals surface area contributed by atoms with Crippen LogP contribution < -0.4 is 0 Å². The molecule has 1 heterocycles. The Balaban J connectivity index is 1.79. The first-order valence-electron chi connectivity index (χ1n) is 7.32. The Bertz CT molecular complexity index is 454. The van der Waals surface area contributed by atoms with E-state index in [4.69, 9.17) is 0 Å². The number of likely N-dealkylation sites (tertiary alicyclic amines) is 1. The summed E-state index contributed by atoms with van der Waals surface area (Å²) in [6, 6.07) is 6.36. The maximum atomic E-state index is 12.9. The molecule has 0 aromatic heterocycles. The van der Waals surface area contributed by atoms with Crippen molar-refractivity contribution in [1.29, 1.82) is 0 Å². The van der Waals surface area contributed by atoms with E-state index in [0.717, 1.165) is 19.4 Å². The summed E-state index contributed by atoms with van der Waals surface area (Å²) >= 11 is 0. The highest BCUT2D eigenvalue weighted by atomic mass is 19.1. The van der Waals surface area contributed by atoms with Crippen LogP contribution in [-0.2, 0) is 0 Å². The van der Waals surface area contributed by atoms with E-state index in [0.29, 0.717) is 17.5 Å². The number of amides is 1. The summed E-state index contributed by atoms with van der Waals surface area (Å²) in [5.74, 6) is 0.481. The molecule has 0 bridgehead atoms. The molecule has 3 rings (SSSR count). The van der Waals surface area contributed by atoms with Crippen LogP contribution in [-0.4, -0.2) is 23.4 Å². The van der Waals surface area contributed by atoms with E-state index in [1.54, 1.807) is 12.1 Å². The summed E-state index contributed by atoms with van der Waals surface area (Å²) in [4.78, 5) is 14.6. The summed E-state index contributed by atoms with van der Waals surface area (Å²) in [5, 5.41) is 0. The van der Waals surface area contributed by atoms with E-state index in [2.05, 4.69) is 0 Å².